The van der Waals surface area contributed by atoms with Gasteiger partial charge in [0.2, 0.25) is 11.8 Å². The first-order valence-corrected chi connectivity index (χ1v) is 8.33. The lowest BCUT2D eigenvalue weighted by molar-refractivity contribution is -0.432. The number of fused-ring (bicyclic) bond motifs is 1. The van der Waals surface area contributed by atoms with Gasteiger partial charge in [0.25, 0.3) is 0 Å². The van der Waals surface area contributed by atoms with Crippen LogP contribution in [0.15, 0.2) is 0 Å². The van der Waals surface area contributed by atoms with Crippen molar-refractivity contribution in [3.8, 4) is 0 Å². The number of rotatable bonds is 9. The van der Waals surface area contributed by atoms with Gasteiger partial charge in [0.05, 0.1) is 18.4 Å². The third-order valence-electron chi connectivity index (χ3n) is 3.48. The van der Waals surface area contributed by atoms with Crippen molar-refractivity contribution in [2.75, 3.05) is 12.4 Å². The average molecular weight is 339 g/mol. The topological polar surface area (TPSA) is 103 Å². The molecule has 21 heavy (non-hydrogen) atoms. The van der Waals surface area contributed by atoms with Gasteiger partial charge in [0.15, 0.2) is 0 Å². The van der Waals surface area contributed by atoms with Gasteiger partial charge in [0, 0.05) is 35.1 Å². The molecule has 0 spiro atoms. The molecule has 2 aliphatic rings. The summed E-state index contributed by atoms with van der Waals surface area (Å²) in [6.45, 7) is 0.381. The molecule has 0 aromatic rings. The molecule has 2 rings (SSSR count). The second-order valence-corrected chi connectivity index (χ2v) is 6.58. The van der Waals surface area contributed by atoms with E-state index in [1.165, 1.54) is 12.0 Å². The Morgan fingerprint density at radius 3 is 2.81 bits per heavy atom. The molecule has 2 amide bonds. The predicted octanol–water partition coefficient (Wildman–Crippen LogP) is 1.48. The van der Waals surface area contributed by atoms with Crippen LogP contribution in [0.4, 0.5) is 0 Å². The molecule has 0 aromatic heterocycles. The molecule has 3 atom stereocenters. The average Bonchev–Trinajstić information content (AvgIpc) is 2.76. The van der Waals surface area contributed by atoms with Gasteiger partial charge in [-0.3, -0.25) is 14.9 Å². The van der Waals surface area contributed by atoms with Crippen LogP contribution in [-0.2, 0) is 28.2 Å². The fourth-order valence-corrected chi connectivity index (χ4v) is 3.58. The molecule has 1 heterocycles. The highest BCUT2D eigenvalue weighted by Gasteiger charge is 2.45. The minimum Gasteiger partial charge on any atom is -0.296 e. The van der Waals surface area contributed by atoms with Gasteiger partial charge in [0.1, 0.15) is 0 Å². The zero-order valence-corrected chi connectivity index (χ0v) is 12.8. The number of nitrogens with one attached hydrogen (secondary N) is 1. The molecule has 0 radical (unpaired) electrons. The van der Waals surface area contributed by atoms with E-state index in [2.05, 4.69) is 14.7 Å². The van der Waals surface area contributed by atoms with E-state index < -0.39 is 0 Å². The number of amides is 2. The van der Waals surface area contributed by atoms with Gasteiger partial charge in [-0.05, 0) is 25.7 Å². The Hall–Kier alpha value is -0.360. The molecular weight excluding hydrogens is 322 g/mol. The number of hydrogen-bond acceptors (Lipinski definition) is 9. The minimum absolute atomic E-state index is 0.141. The molecule has 1 aliphatic heterocycles. The lowest BCUT2D eigenvalue weighted by Crippen LogP contribution is -2.28. The molecule has 1 aliphatic carbocycles. The van der Waals surface area contributed by atoms with E-state index in [1.807, 2.05) is 0 Å². The number of hydrogen-bond donors (Lipinski definition) is 2. The largest absolute Gasteiger partial charge is 0.296 e. The number of carbonyl (C=O) groups is 2. The molecule has 1 saturated heterocycles. The standard InChI is InChI=1S/C11H17NO7S2/c13-10-8-3-2-7(6-9(8)11(14)12-10)21-18-16-4-1-5-20-19-17-15/h7-9,15H,1-6H2,(H,12,13,14). The molecule has 0 aromatic carbocycles. The monoisotopic (exact) mass is 339 g/mol. The summed E-state index contributed by atoms with van der Waals surface area (Å²) in [5.41, 5.74) is 0. The quantitative estimate of drug-likeness (QED) is 0.212. The van der Waals surface area contributed by atoms with Crippen LogP contribution in [0.1, 0.15) is 25.7 Å². The van der Waals surface area contributed by atoms with Crippen molar-refractivity contribution in [3.05, 3.63) is 0 Å². The summed E-state index contributed by atoms with van der Waals surface area (Å²) in [7, 11) is 0. The van der Waals surface area contributed by atoms with Gasteiger partial charge in [-0.15, -0.1) is 4.33 Å². The van der Waals surface area contributed by atoms with Crippen LogP contribution in [0, 0.1) is 11.8 Å². The lowest BCUT2D eigenvalue weighted by Gasteiger charge is -2.27. The first-order valence-electron chi connectivity index (χ1n) is 6.61. The summed E-state index contributed by atoms with van der Waals surface area (Å²) >= 11 is 2.16. The third kappa shape index (κ3) is 5.09. The third-order valence-corrected chi connectivity index (χ3v) is 4.97. The summed E-state index contributed by atoms with van der Waals surface area (Å²) < 4.78 is 9.26. The number of carbonyl (C=O) groups excluding carboxylic acids is 2. The molecule has 3 unspecified atom stereocenters. The van der Waals surface area contributed by atoms with Crippen LogP contribution in [0.2, 0.25) is 0 Å². The smallest absolute Gasteiger partial charge is 0.230 e. The molecular formula is C11H17NO7S2. The SMILES string of the molecule is O=C1NC(=O)C2CC(SOOCCCSOOO)CCC12. The van der Waals surface area contributed by atoms with Gasteiger partial charge in [-0.25, -0.2) is 10.1 Å². The van der Waals surface area contributed by atoms with Gasteiger partial charge in [-0.2, -0.15) is 4.33 Å². The van der Waals surface area contributed by atoms with E-state index in [9.17, 15) is 9.59 Å². The van der Waals surface area contributed by atoms with Crippen molar-refractivity contribution in [2.45, 2.75) is 30.9 Å². The Morgan fingerprint density at radius 1 is 1.19 bits per heavy atom. The van der Waals surface area contributed by atoms with Crippen molar-refractivity contribution in [2.24, 2.45) is 11.8 Å². The Morgan fingerprint density at radius 2 is 2.00 bits per heavy atom. The summed E-state index contributed by atoms with van der Waals surface area (Å²) in [5, 5.41) is 13.9. The molecule has 0 bridgehead atoms. The van der Waals surface area contributed by atoms with Crippen LogP contribution in [0.25, 0.3) is 0 Å². The molecule has 1 saturated carbocycles. The summed E-state index contributed by atoms with van der Waals surface area (Å²) in [6, 6.07) is 0. The lowest BCUT2D eigenvalue weighted by atomic mass is 9.81. The highest BCUT2D eigenvalue weighted by atomic mass is 32.2. The van der Waals surface area contributed by atoms with Crippen molar-refractivity contribution in [3.63, 3.8) is 0 Å². The van der Waals surface area contributed by atoms with Crippen molar-refractivity contribution >= 4 is 35.9 Å². The fraction of sp³-hybridized carbons (Fsp3) is 0.818. The van der Waals surface area contributed by atoms with E-state index in [0.717, 1.165) is 18.5 Å². The molecule has 2 fully saturated rings. The van der Waals surface area contributed by atoms with E-state index in [0.29, 0.717) is 31.6 Å². The zero-order valence-electron chi connectivity index (χ0n) is 11.2. The van der Waals surface area contributed by atoms with Crippen LogP contribution < -0.4 is 5.32 Å². The van der Waals surface area contributed by atoms with E-state index in [1.54, 1.807) is 0 Å². The predicted molar refractivity (Wildman–Crippen MR) is 74.3 cm³/mol. The Kier molecular flexibility index (Phi) is 7.23. The maximum atomic E-state index is 11.6. The zero-order chi connectivity index (χ0) is 15.1. The fourth-order valence-electron chi connectivity index (χ4n) is 2.48. The van der Waals surface area contributed by atoms with Crippen LogP contribution >= 0.6 is 24.1 Å². The molecule has 2 N–H and O–H groups in total. The Bertz CT molecular complexity index is 370. The maximum absolute atomic E-state index is 11.6. The number of imide groups is 1. The summed E-state index contributed by atoms with van der Waals surface area (Å²) in [5.74, 6) is -0.110. The first-order chi connectivity index (χ1) is 10.2. The van der Waals surface area contributed by atoms with E-state index in [4.69, 9.17) is 14.5 Å². The van der Waals surface area contributed by atoms with Gasteiger partial charge >= 0.3 is 0 Å². The summed E-state index contributed by atoms with van der Waals surface area (Å²) in [4.78, 5) is 28.1. The second-order valence-electron chi connectivity index (χ2n) is 4.81. The maximum Gasteiger partial charge on any atom is 0.230 e. The molecule has 8 nitrogen and oxygen atoms in total. The Labute approximate surface area is 130 Å². The molecule has 120 valence electrons. The highest BCUT2D eigenvalue weighted by Crippen LogP contribution is 2.39. The van der Waals surface area contributed by atoms with Gasteiger partial charge in [-0.1, -0.05) is 5.04 Å². The Balaban J connectivity index is 1.54. The first kappa shape index (κ1) is 17.0. The van der Waals surface area contributed by atoms with Crippen LogP contribution in [0.3, 0.4) is 0 Å². The van der Waals surface area contributed by atoms with E-state index in [-0.39, 0.29) is 28.9 Å². The van der Waals surface area contributed by atoms with Crippen molar-refractivity contribution in [1.29, 1.82) is 0 Å². The van der Waals surface area contributed by atoms with E-state index >= 15 is 0 Å². The van der Waals surface area contributed by atoms with Gasteiger partial charge < -0.3 is 0 Å². The highest BCUT2D eigenvalue weighted by molar-refractivity contribution is 7.95. The van der Waals surface area contributed by atoms with Crippen molar-refractivity contribution in [1.82, 2.24) is 5.32 Å². The van der Waals surface area contributed by atoms with Crippen LogP contribution in [0.5, 0.6) is 0 Å². The molecule has 10 heteroatoms. The second kappa shape index (κ2) is 8.93. The van der Waals surface area contributed by atoms with Crippen LogP contribution in [-0.4, -0.2) is 34.7 Å². The van der Waals surface area contributed by atoms with Crippen molar-refractivity contribution < 1.29 is 33.4 Å². The normalized spacial score (nSPS) is 28.5. The summed E-state index contributed by atoms with van der Waals surface area (Å²) in [6.07, 6.45) is 2.83. The minimum atomic E-state index is -0.223.